The maximum atomic E-state index is 6.18. The number of ether oxygens (including phenoxy) is 1. The highest BCUT2D eigenvalue weighted by Crippen LogP contribution is 2.28. The molecule has 0 saturated heterocycles. The number of rotatable bonds is 9. The summed E-state index contributed by atoms with van der Waals surface area (Å²) in [6, 6.07) is 23.1. The van der Waals surface area contributed by atoms with Crippen molar-refractivity contribution in [3.05, 3.63) is 77.9 Å². The van der Waals surface area contributed by atoms with Crippen molar-refractivity contribution < 1.29 is 4.74 Å². The van der Waals surface area contributed by atoms with Crippen molar-refractivity contribution >= 4 is 10.8 Å². The fraction of sp³-hybridized carbons (Fsp3) is 0.304. The first kappa shape index (κ1) is 18.4. The van der Waals surface area contributed by atoms with Crippen LogP contribution in [0.4, 0.5) is 0 Å². The zero-order chi connectivity index (χ0) is 18.2. The van der Waals surface area contributed by atoms with Crippen LogP contribution in [0.1, 0.15) is 17.5 Å². The fourth-order valence-corrected chi connectivity index (χ4v) is 3.10. The van der Waals surface area contributed by atoms with E-state index < -0.39 is 0 Å². The van der Waals surface area contributed by atoms with Crippen LogP contribution in [0.25, 0.3) is 10.8 Å². The molecule has 26 heavy (non-hydrogen) atoms. The smallest absolute Gasteiger partial charge is 0.124 e. The Labute approximate surface area is 156 Å². The summed E-state index contributed by atoms with van der Waals surface area (Å²) in [4.78, 5) is 2.22. The van der Waals surface area contributed by atoms with Crippen LogP contribution in [-0.4, -0.2) is 32.1 Å². The van der Waals surface area contributed by atoms with Gasteiger partial charge in [0.2, 0.25) is 0 Å². The molecular weight excluding hydrogens is 320 g/mol. The minimum absolute atomic E-state index is 0.590. The molecule has 0 bridgehead atoms. The maximum Gasteiger partial charge on any atom is 0.124 e. The maximum absolute atomic E-state index is 6.18. The van der Waals surface area contributed by atoms with Crippen molar-refractivity contribution in [1.29, 1.82) is 0 Å². The molecule has 3 rings (SSSR count). The Bertz CT molecular complexity index is 815. The topological polar surface area (TPSA) is 24.5 Å². The summed E-state index contributed by atoms with van der Waals surface area (Å²) < 4.78 is 6.18. The van der Waals surface area contributed by atoms with Gasteiger partial charge in [-0.3, -0.25) is 0 Å². The van der Waals surface area contributed by atoms with Crippen LogP contribution >= 0.6 is 0 Å². The van der Waals surface area contributed by atoms with Crippen molar-refractivity contribution in [1.82, 2.24) is 10.2 Å². The normalized spacial score (nSPS) is 11.2. The van der Waals surface area contributed by atoms with E-state index in [0.29, 0.717) is 6.61 Å². The molecule has 0 aromatic heterocycles. The van der Waals surface area contributed by atoms with E-state index in [1.54, 1.807) is 0 Å². The first-order valence-electron chi connectivity index (χ1n) is 9.27. The molecule has 1 N–H and O–H groups in total. The van der Waals surface area contributed by atoms with E-state index in [0.717, 1.165) is 31.8 Å². The van der Waals surface area contributed by atoms with E-state index >= 15 is 0 Å². The molecule has 136 valence electrons. The average Bonchev–Trinajstić information content (AvgIpc) is 2.67. The van der Waals surface area contributed by atoms with Crippen LogP contribution in [0.5, 0.6) is 5.75 Å². The number of hydrogen-bond donors (Lipinski definition) is 1. The van der Waals surface area contributed by atoms with Gasteiger partial charge in [-0.25, -0.2) is 0 Å². The fourth-order valence-electron chi connectivity index (χ4n) is 3.10. The summed E-state index contributed by atoms with van der Waals surface area (Å²) in [5.74, 6) is 0.965. The first-order chi connectivity index (χ1) is 12.7. The predicted octanol–water partition coefficient (Wildman–Crippen LogP) is 4.46. The largest absolute Gasteiger partial charge is 0.489 e. The molecule has 3 aromatic carbocycles. The second-order valence-corrected chi connectivity index (χ2v) is 6.87. The Hall–Kier alpha value is -2.36. The highest BCUT2D eigenvalue weighted by Gasteiger charge is 2.09. The highest BCUT2D eigenvalue weighted by atomic mass is 16.5. The first-order valence-corrected chi connectivity index (χ1v) is 9.27. The molecule has 0 saturated carbocycles. The molecule has 0 spiro atoms. The van der Waals surface area contributed by atoms with Crippen LogP contribution in [0.3, 0.4) is 0 Å². The van der Waals surface area contributed by atoms with Gasteiger partial charge in [-0.15, -0.1) is 0 Å². The van der Waals surface area contributed by atoms with Gasteiger partial charge in [0.15, 0.2) is 0 Å². The number of hydrogen-bond acceptors (Lipinski definition) is 3. The summed E-state index contributed by atoms with van der Waals surface area (Å²) >= 11 is 0. The number of fused-ring (bicyclic) bond motifs is 1. The molecule has 0 heterocycles. The number of benzene rings is 3. The molecule has 3 nitrogen and oxygen atoms in total. The number of nitrogens with zero attached hydrogens (tertiary/aromatic N) is 1. The summed E-state index contributed by atoms with van der Waals surface area (Å²) in [6.07, 6.45) is 1.14. The zero-order valence-corrected chi connectivity index (χ0v) is 15.7. The Balaban J connectivity index is 1.73. The van der Waals surface area contributed by atoms with E-state index in [1.807, 2.05) is 18.2 Å². The lowest BCUT2D eigenvalue weighted by Crippen LogP contribution is -2.21. The lowest BCUT2D eigenvalue weighted by atomic mass is 10.0. The summed E-state index contributed by atoms with van der Waals surface area (Å²) in [5.41, 5.74) is 2.43. The van der Waals surface area contributed by atoms with Crippen LogP contribution < -0.4 is 10.1 Å². The van der Waals surface area contributed by atoms with Crippen LogP contribution in [0.2, 0.25) is 0 Å². The second kappa shape index (κ2) is 9.37. The third kappa shape index (κ3) is 5.07. The summed E-state index contributed by atoms with van der Waals surface area (Å²) in [5, 5.41) is 6.10. The third-order valence-electron chi connectivity index (χ3n) is 4.50. The molecule has 0 aliphatic rings. The van der Waals surface area contributed by atoms with E-state index in [4.69, 9.17) is 4.74 Å². The Kier molecular flexibility index (Phi) is 6.64. The molecule has 0 radical (unpaired) electrons. The van der Waals surface area contributed by atoms with Crippen molar-refractivity contribution in [3.8, 4) is 5.75 Å². The van der Waals surface area contributed by atoms with Crippen LogP contribution in [0, 0.1) is 0 Å². The van der Waals surface area contributed by atoms with Gasteiger partial charge in [-0.1, -0.05) is 60.7 Å². The Morgan fingerprint density at radius 2 is 1.65 bits per heavy atom. The highest BCUT2D eigenvalue weighted by molar-refractivity contribution is 5.87. The second-order valence-electron chi connectivity index (χ2n) is 6.87. The molecule has 3 aromatic rings. The molecule has 0 aliphatic heterocycles. The summed E-state index contributed by atoms with van der Waals surface area (Å²) in [6.45, 7) is 3.51. The minimum atomic E-state index is 0.590. The van der Waals surface area contributed by atoms with E-state index in [2.05, 4.69) is 72.8 Å². The van der Waals surface area contributed by atoms with Gasteiger partial charge in [0.05, 0.1) is 0 Å². The molecule has 0 fully saturated rings. The summed E-state index contributed by atoms with van der Waals surface area (Å²) in [7, 11) is 4.22. The molecule has 0 atom stereocenters. The molecule has 0 amide bonds. The van der Waals surface area contributed by atoms with E-state index in [9.17, 15) is 0 Å². The standard InChI is InChI=1S/C23H28N2O/c1-25(2)16-8-15-24-17-22-21-12-7-6-11-20(21)13-14-23(22)26-18-19-9-4-3-5-10-19/h3-7,9-14,24H,8,15-18H2,1-2H3. The Morgan fingerprint density at radius 1 is 0.885 bits per heavy atom. The van der Waals surface area contributed by atoms with E-state index in [1.165, 1.54) is 21.9 Å². The van der Waals surface area contributed by atoms with E-state index in [-0.39, 0.29) is 0 Å². The third-order valence-corrected chi connectivity index (χ3v) is 4.50. The quantitative estimate of drug-likeness (QED) is 0.578. The monoisotopic (exact) mass is 348 g/mol. The van der Waals surface area contributed by atoms with Crippen molar-refractivity contribution in [2.24, 2.45) is 0 Å². The lowest BCUT2D eigenvalue weighted by molar-refractivity contribution is 0.302. The SMILES string of the molecule is CN(C)CCCNCc1c(OCc2ccccc2)ccc2ccccc12. The van der Waals surface area contributed by atoms with Crippen LogP contribution in [0.15, 0.2) is 66.7 Å². The Morgan fingerprint density at radius 3 is 2.46 bits per heavy atom. The van der Waals surface area contributed by atoms with Crippen molar-refractivity contribution in [2.45, 2.75) is 19.6 Å². The van der Waals surface area contributed by atoms with Crippen molar-refractivity contribution in [2.75, 3.05) is 27.2 Å². The lowest BCUT2D eigenvalue weighted by Gasteiger charge is -2.16. The van der Waals surface area contributed by atoms with Gasteiger partial charge < -0.3 is 15.0 Å². The molecular formula is C23H28N2O. The van der Waals surface area contributed by atoms with Crippen LogP contribution in [-0.2, 0) is 13.2 Å². The molecule has 3 heteroatoms. The average molecular weight is 348 g/mol. The molecule has 0 unspecified atom stereocenters. The van der Waals surface area contributed by atoms with Gasteiger partial charge in [-0.05, 0) is 56.0 Å². The van der Waals surface area contributed by atoms with Gasteiger partial charge >= 0.3 is 0 Å². The van der Waals surface area contributed by atoms with Crippen molar-refractivity contribution in [3.63, 3.8) is 0 Å². The van der Waals surface area contributed by atoms with Gasteiger partial charge in [0.1, 0.15) is 12.4 Å². The minimum Gasteiger partial charge on any atom is -0.489 e. The van der Waals surface area contributed by atoms with Gasteiger partial charge in [-0.2, -0.15) is 0 Å². The van der Waals surface area contributed by atoms with Gasteiger partial charge in [0.25, 0.3) is 0 Å². The zero-order valence-electron chi connectivity index (χ0n) is 15.7. The predicted molar refractivity (Wildman–Crippen MR) is 110 cm³/mol. The number of nitrogens with one attached hydrogen (secondary N) is 1. The molecule has 0 aliphatic carbocycles. The van der Waals surface area contributed by atoms with Gasteiger partial charge in [0, 0.05) is 12.1 Å².